The van der Waals surface area contributed by atoms with E-state index in [0.29, 0.717) is 5.75 Å². The van der Waals surface area contributed by atoms with Gasteiger partial charge >= 0.3 is 5.97 Å². The van der Waals surface area contributed by atoms with Gasteiger partial charge in [0, 0.05) is 0 Å². The van der Waals surface area contributed by atoms with Crippen molar-refractivity contribution in [2.24, 2.45) is 0 Å². The van der Waals surface area contributed by atoms with E-state index in [0.717, 1.165) is 15.2 Å². The molecule has 0 spiro atoms. The second-order valence-electron chi connectivity index (χ2n) is 3.33. The van der Waals surface area contributed by atoms with Crippen molar-refractivity contribution in [3.05, 3.63) is 23.2 Å². The van der Waals surface area contributed by atoms with Crippen molar-refractivity contribution in [3.8, 4) is 5.75 Å². The van der Waals surface area contributed by atoms with E-state index in [4.69, 9.17) is 9.84 Å². The minimum absolute atomic E-state index is 0.000489. The molecule has 2 aromatic rings. The highest BCUT2D eigenvalue weighted by Gasteiger charge is 2.07. The number of thiazole rings is 1. The highest BCUT2D eigenvalue weighted by atomic mass is 32.1. The van der Waals surface area contributed by atoms with Crippen LogP contribution in [-0.2, 0) is 4.79 Å². The monoisotopic (exact) mass is 237 g/mol. The summed E-state index contributed by atoms with van der Waals surface area (Å²) in [4.78, 5) is 14.7. The highest BCUT2D eigenvalue weighted by Crippen LogP contribution is 2.29. The van der Waals surface area contributed by atoms with Crippen LogP contribution in [0.2, 0.25) is 0 Å². The lowest BCUT2D eigenvalue weighted by atomic mass is 10.3. The molecule has 5 heteroatoms. The molecule has 0 unspecified atom stereocenters. The number of rotatable bonds is 4. The van der Waals surface area contributed by atoms with Gasteiger partial charge in [-0.3, -0.25) is 4.79 Å². The van der Waals surface area contributed by atoms with Gasteiger partial charge in [0.25, 0.3) is 0 Å². The number of carboxylic acids is 1. The Morgan fingerprint density at radius 3 is 3.12 bits per heavy atom. The van der Waals surface area contributed by atoms with Gasteiger partial charge in [-0.25, -0.2) is 4.98 Å². The van der Waals surface area contributed by atoms with Crippen LogP contribution in [0, 0.1) is 6.92 Å². The Balaban J connectivity index is 2.20. The average molecular weight is 237 g/mol. The third-order valence-electron chi connectivity index (χ3n) is 2.06. The van der Waals surface area contributed by atoms with Crippen LogP contribution in [0.1, 0.15) is 11.4 Å². The molecular weight excluding hydrogens is 226 g/mol. The molecule has 0 aliphatic carbocycles. The van der Waals surface area contributed by atoms with Gasteiger partial charge in [-0.1, -0.05) is 6.07 Å². The summed E-state index contributed by atoms with van der Waals surface area (Å²) in [6.45, 7) is 2.11. The highest BCUT2D eigenvalue weighted by molar-refractivity contribution is 7.18. The first-order valence-electron chi connectivity index (χ1n) is 4.87. The van der Waals surface area contributed by atoms with Crippen LogP contribution in [0.3, 0.4) is 0 Å². The first-order valence-corrected chi connectivity index (χ1v) is 5.69. The zero-order valence-electron chi connectivity index (χ0n) is 8.77. The van der Waals surface area contributed by atoms with Crippen molar-refractivity contribution in [2.45, 2.75) is 13.3 Å². The van der Waals surface area contributed by atoms with E-state index >= 15 is 0 Å². The number of hydrogen-bond acceptors (Lipinski definition) is 4. The fourth-order valence-corrected chi connectivity index (χ4v) is 2.24. The van der Waals surface area contributed by atoms with Crippen LogP contribution < -0.4 is 4.74 Å². The number of carbonyl (C=O) groups is 1. The Labute approximate surface area is 96.5 Å². The van der Waals surface area contributed by atoms with E-state index in [9.17, 15) is 4.79 Å². The Morgan fingerprint density at radius 2 is 2.38 bits per heavy atom. The number of fused-ring (bicyclic) bond motifs is 1. The number of nitrogens with zero attached hydrogens (tertiary/aromatic N) is 1. The van der Waals surface area contributed by atoms with E-state index in [2.05, 4.69) is 4.98 Å². The van der Waals surface area contributed by atoms with Gasteiger partial charge in [-0.2, -0.15) is 0 Å². The van der Waals surface area contributed by atoms with Crippen LogP contribution in [0.25, 0.3) is 10.2 Å². The molecule has 0 atom stereocenters. The van der Waals surface area contributed by atoms with Gasteiger partial charge in [0.1, 0.15) is 11.3 Å². The first kappa shape index (κ1) is 10.9. The SMILES string of the molecule is Cc1nc2c(OCCC(=O)O)cccc2s1. The van der Waals surface area contributed by atoms with Crippen molar-refractivity contribution in [2.75, 3.05) is 6.61 Å². The molecule has 0 saturated heterocycles. The van der Waals surface area contributed by atoms with Crippen LogP contribution in [-0.4, -0.2) is 22.7 Å². The Bertz CT molecular complexity index is 521. The van der Waals surface area contributed by atoms with E-state index in [1.165, 1.54) is 0 Å². The van der Waals surface area contributed by atoms with Crippen molar-refractivity contribution in [1.29, 1.82) is 0 Å². The van der Waals surface area contributed by atoms with Crippen molar-refractivity contribution >= 4 is 27.5 Å². The predicted molar refractivity (Wildman–Crippen MR) is 62.1 cm³/mol. The van der Waals surface area contributed by atoms with Gasteiger partial charge in [-0.15, -0.1) is 11.3 Å². The molecule has 84 valence electrons. The number of ether oxygens (including phenoxy) is 1. The summed E-state index contributed by atoms with van der Waals surface area (Å²) in [5, 5.41) is 9.49. The fraction of sp³-hybridized carbons (Fsp3) is 0.273. The summed E-state index contributed by atoms with van der Waals surface area (Å²) in [7, 11) is 0. The molecule has 0 aliphatic rings. The Morgan fingerprint density at radius 1 is 1.56 bits per heavy atom. The first-order chi connectivity index (χ1) is 7.66. The maximum absolute atomic E-state index is 10.4. The molecule has 0 radical (unpaired) electrons. The standard InChI is InChI=1S/C11H11NO3S/c1-7-12-11-8(15-6-5-10(13)14)3-2-4-9(11)16-7/h2-4H,5-6H2,1H3,(H,13,14). The van der Waals surface area contributed by atoms with Crippen molar-refractivity contribution in [1.82, 2.24) is 4.98 Å². The van der Waals surface area contributed by atoms with E-state index in [-0.39, 0.29) is 13.0 Å². The van der Waals surface area contributed by atoms with Crippen LogP contribution in [0.15, 0.2) is 18.2 Å². The molecule has 1 aromatic carbocycles. The summed E-state index contributed by atoms with van der Waals surface area (Å²) in [6.07, 6.45) is -0.000489. The second-order valence-corrected chi connectivity index (χ2v) is 4.56. The molecule has 2 rings (SSSR count). The number of para-hydroxylation sites is 1. The molecule has 0 bridgehead atoms. The normalized spacial score (nSPS) is 10.6. The largest absolute Gasteiger partial charge is 0.491 e. The maximum atomic E-state index is 10.4. The molecule has 0 amide bonds. The minimum Gasteiger partial charge on any atom is -0.491 e. The lowest BCUT2D eigenvalue weighted by molar-refractivity contribution is -0.137. The van der Waals surface area contributed by atoms with Crippen LogP contribution in [0.5, 0.6) is 5.75 Å². The fourth-order valence-electron chi connectivity index (χ4n) is 1.40. The smallest absolute Gasteiger partial charge is 0.306 e. The van der Waals surface area contributed by atoms with E-state index in [1.54, 1.807) is 11.3 Å². The molecule has 16 heavy (non-hydrogen) atoms. The molecular formula is C11H11NO3S. The summed E-state index contributed by atoms with van der Waals surface area (Å²) in [6, 6.07) is 5.67. The molecule has 4 nitrogen and oxygen atoms in total. The molecule has 0 aliphatic heterocycles. The average Bonchev–Trinajstić information content (AvgIpc) is 2.58. The summed E-state index contributed by atoms with van der Waals surface area (Å²) < 4.78 is 6.47. The lowest BCUT2D eigenvalue weighted by Gasteiger charge is -2.04. The molecule has 1 aromatic heterocycles. The van der Waals surface area contributed by atoms with Gasteiger partial charge in [-0.05, 0) is 19.1 Å². The van der Waals surface area contributed by atoms with E-state index in [1.807, 2.05) is 25.1 Å². The number of aliphatic carboxylic acids is 1. The number of aromatic nitrogens is 1. The molecule has 0 fully saturated rings. The molecule has 0 saturated carbocycles. The third kappa shape index (κ3) is 2.30. The van der Waals surface area contributed by atoms with Gasteiger partial charge in [0.05, 0.1) is 22.7 Å². The Kier molecular flexibility index (Phi) is 3.05. The van der Waals surface area contributed by atoms with Gasteiger partial charge in [0.15, 0.2) is 0 Å². The predicted octanol–water partition coefficient (Wildman–Crippen LogP) is 2.46. The van der Waals surface area contributed by atoms with Crippen LogP contribution in [0.4, 0.5) is 0 Å². The summed E-state index contributed by atoms with van der Waals surface area (Å²) >= 11 is 1.60. The van der Waals surface area contributed by atoms with E-state index < -0.39 is 5.97 Å². The van der Waals surface area contributed by atoms with Gasteiger partial charge in [0.2, 0.25) is 0 Å². The van der Waals surface area contributed by atoms with Crippen molar-refractivity contribution < 1.29 is 14.6 Å². The zero-order chi connectivity index (χ0) is 11.5. The maximum Gasteiger partial charge on any atom is 0.306 e. The number of benzene rings is 1. The lowest BCUT2D eigenvalue weighted by Crippen LogP contribution is -2.04. The summed E-state index contributed by atoms with van der Waals surface area (Å²) in [5.74, 6) is -0.204. The second kappa shape index (κ2) is 4.49. The quantitative estimate of drug-likeness (QED) is 0.887. The third-order valence-corrected chi connectivity index (χ3v) is 3.00. The summed E-state index contributed by atoms with van der Waals surface area (Å²) in [5.41, 5.74) is 0.815. The Hall–Kier alpha value is -1.62. The van der Waals surface area contributed by atoms with Crippen LogP contribution >= 0.6 is 11.3 Å². The molecule has 1 heterocycles. The van der Waals surface area contributed by atoms with Crippen molar-refractivity contribution in [3.63, 3.8) is 0 Å². The zero-order valence-corrected chi connectivity index (χ0v) is 9.58. The number of aryl methyl sites for hydroxylation is 1. The topological polar surface area (TPSA) is 59.4 Å². The number of carboxylic acid groups (broad SMARTS) is 1. The van der Waals surface area contributed by atoms with Gasteiger partial charge < -0.3 is 9.84 Å². The minimum atomic E-state index is -0.860. The number of hydrogen-bond donors (Lipinski definition) is 1. The molecule has 1 N–H and O–H groups in total.